The topological polar surface area (TPSA) is 26.3 Å². The molecule has 0 saturated heterocycles. The van der Waals surface area contributed by atoms with Gasteiger partial charge in [-0.25, -0.2) is 0 Å². The van der Waals surface area contributed by atoms with Gasteiger partial charge in [0.2, 0.25) is 0 Å². The summed E-state index contributed by atoms with van der Waals surface area (Å²) in [6.07, 6.45) is 1.43. The van der Waals surface area contributed by atoms with Crippen LogP contribution >= 0.6 is 15.9 Å². The Labute approximate surface area is 98.8 Å². The standard InChI is InChI=1S/C12H15BrO2/c1-3-9-6-10(12(14)4-5-13)8-11(7-9)15-2/h6-8H,3-5H2,1-2H3. The number of Topliss-reactive ketones (excluding diaryl/α,β-unsaturated/α-hetero) is 1. The summed E-state index contributed by atoms with van der Waals surface area (Å²) in [5, 5.41) is 0.699. The second-order valence-electron chi connectivity index (χ2n) is 3.29. The van der Waals surface area contributed by atoms with E-state index in [0.717, 1.165) is 23.3 Å². The van der Waals surface area contributed by atoms with Crippen LogP contribution in [0.4, 0.5) is 0 Å². The van der Waals surface area contributed by atoms with Gasteiger partial charge in [-0.3, -0.25) is 4.79 Å². The van der Waals surface area contributed by atoms with Gasteiger partial charge in [0.15, 0.2) is 5.78 Å². The van der Waals surface area contributed by atoms with Crippen LogP contribution in [0.25, 0.3) is 0 Å². The highest BCUT2D eigenvalue weighted by atomic mass is 79.9. The molecule has 0 amide bonds. The summed E-state index contributed by atoms with van der Waals surface area (Å²) in [6, 6.07) is 5.70. The summed E-state index contributed by atoms with van der Waals surface area (Å²) in [5.74, 6) is 0.910. The average Bonchev–Trinajstić information content (AvgIpc) is 2.28. The van der Waals surface area contributed by atoms with Gasteiger partial charge >= 0.3 is 0 Å². The monoisotopic (exact) mass is 270 g/mol. The molecule has 0 aliphatic carbocycles. The quantitative estimate of drug-likeness (QED) is 0.607. The lowest BCUT2D eigenvalue weighted by molar-refractivity contribution is 0.0989. The maximum atomic E-state index is 11.7. The molecule has 15 heavy (non-hydrogen) atoms. The fraction of sp³-hybridized carbons (Fsp3) is 0.417. The lowest BCUT2D eigenvalue weighted by Gasteiger charge is -2.06. The third kappa shape index (κ3) is 3.34. The van der Waals surface area contributed by atoms with Crippen LogP contribution in [-0.2, 0) is 6.42 Å². The highest BCUT2D eigenvalue weighted by Crippen LogP contribution is 2.18. The Bertz CT molecular complexity index is 325. The number of hydrogen-bond acceptors (Lipinski definition) is 2. The van der Waals surface area contributed by atoms with E-state index < -0.39 is 0 Å². The minimum atomic E-state index is 0.153. The Morgan fingerprint density at radius 2 is 2.13 bits per heavy atom. The number of alkyl halides is 1. The van der Waals surface area contributed by atoms with Gasteiger partial charge in [-0.2, -0.15) is 0 Å². The average molecular weight is 271 g/mol. The van der Waals surface area contributed by atoms with E-state index in [1.54, 1.807) is 13.2 Å². The molecule has 0 aliphatic rings. The SMILES string of the molecule is CCc1cc(OC)cc(C(=O)CCBr)c1. The van der Waals surface area contributed by atoms with Crippen LogP contribution in [0.5, 0.6) is 5.75 Å². The molecule has 0 aliphatic heterocycles. The number of aryl methyl sites for hydroxylation is 1. The van der Waals surface area contributed by atoms with Crippen molar-refractivity contribution in [2.24, 2.45) is 0 Å². The summed E-state index contributed by atoms with van der Waals surface area (Å²) in [6.45, 7) is 2.06. The molecule has 1 aromatic carbocycles. The number of rotatable bonds is 5. The highest BCUT2D eigenvalue weighted by Gasteiger charge is 2.07. The molecule has 0 heterocycles. The van der Waals surface area contributed by atoms with E-state index in [2.05, 4.69) is 22.9 Å². The van der Waals surface area contributed by atoms with Crippen LogP contribution in [0, 0.1) is 0 Å². The van der Waals surface area contributed by atoms with Gasteiger partial charge in [-0.05, 0) is 30.2 Å². The van der Waals surface area contributed by atoms with Gasteiger partial charge in [0.25, 0.3) is 0 Å². The third-order valence-electron chi connectivity index (χ3n) is 2.25. The molecule has 2 nitrogen and oxygen atoms in total. The molecule has 0 fully saturated rings. The zero-order valence-electron chi connectivity index (χ0n) is 9.05. The normalized spacial score (nSPS) is 10.1. The molecule has 3 heteroatoms. The van der Waals surface area contributed by atoms with E-state index in [0.29, 0.717) is 11.8 Å². The van der Waals surface area contributed by atoms with E-state index >= 15 is 0 Å². The van der Waals surface area contributed by atoms with Crippen molar-refractivity contribution < 1.29 is 9.53 Å². The van der Waals surface area contributed by atoms with E-state index in [4.69, 9.17) is 4.74 Å². The molecule has 0 spiro atoms. The van der Waals surface area contributed by atoms with Crippen molar-refractivity contribution in [1.82, 2.24) is 0 Å². The number of hydrogen-bond donors (Lipinski definition) is 0. The molecule has 0 aromatic heterocycles. The Morgan fingerprint density at radius 1 is 1.40 bits per heavy atom. The van der Waals surface area contributed by atoms with Gasteiger partial charge in [0.05, 0.1) is 7.11 Å². The van der Waals surface area contributed by atoms with Crippen molar-refractivity contribution in [2.45, 2.75) is 19.8 Å². The van der Waals surface area contributed by atoms with Crippen molar-refractivity contribution in [3.63, 3.8) is 0 Å². The van der Waals surface area contributed by atoms with Gasteiger partial charge in [-0.15, -0.1) is 0 Å². The number of ether oxygens (including phenoxy) is 1. The number of ketones is 1. The number of carbonyl (C=O) groups is 1. The van der Waals surface area contributed by atoms with Gasteiger partial charge in [0, 0.05) is 17.3 Å². The molecule has 0 bridgehead atoms. The minimum absolute atomic E-state index is 0.153. The van der Waals surface area contributed by atoms with Crippen molar-refractivity contribution in [2.75, 3.05) is 12.4 Å². The smallest absolute Gasteiger partial charge is 0.163 e. The predicted octanol–water partition coefficient (Wildman–Crippen LogP) is 3.23. The van der Waals surface area contributed by atoms with Gasteiger partial charge in [-0.1, -0.05) is 22.9 Å². The van der Waals surface area contributed by atoms with Crippen molar-refractivity contribution in [3.05, 3.63) is 29.3 Å². The van der Waals surface area contributed by atoms with Crippen LogP contribution in [-0.4, -0.2) is 18.2 Å². The van der Waals surface area contributed by atoms with Crippen molar-refractivity contribution in [3.8, 4) is 5.75 Å². The molecule has 1 rings (SSSR count). The summed E-state index contributed by atoms with van der Waals surface area (Å²) in [5.41, 5.74) is 1.87. The second-order valence-corrected chi connectivity index (χ2v) is 4.08. The Kier molecular flexibility index (Phi) is 4.82. The first-order valence-electron chi connectivity index (χ1n) is 4.98. The molecular weight excluding hydrogens is 256 g/mol. The van der Waals surface area contributed by atoms with E-state index in [1.807, 2.05) is 12.1 Å². The molecule has 0 saturated carbocycles. The van der Waals surface area contributed by atoms with Crippen molar-refractivity contribution in [1.29, 1.82) is 0 Å². The largest absolute Gasteiger partial charge is 0.497 e. The van der Waals surface area contributed by atoms with Crippen LogP contribution in [0.2, 0.25) is 0 Å². The number of halogens is 1. The minimum Gasteiger partial charge on any atom is -0.497 e. The summed E-state index contributed by atoms with van der Waals surface area (Å²) >= 11 is 3.27. The summed E-state index contributed by atoms with van der Waals surface area (Å²) in [7, 11) is 1.62. The lowest BCUT2D eigenvalue weighted by atomic mass is 10.0. The molecule has 0 radical (unpaired) electrons. The zero-order chi connectivity index (χ0) is 11.3. The number of methoxy groups -OCH3 is 1. The summed E-state index contributed by atoms with van der Waals surface area (Å²) in [4.78, 5) is 11.7. The molecule has 0 atom stereocenters. The van der Waals surface area contributed by atoms with E-state index in [-0.39, 0.29) is 5.78 Å². The highest BCUT2D eigenvalue weighted by molar-refractivity contribution is 9.09. The third-order valence-corrected chi connectivity index (χ3v) is 2.65. The number of benzene rings is 1. The Hall–Kier alpha value is -0.830. The maximum absolute atomic E-state index is 11.7. The van der Waals surface area contributed by atoms with Crippen LogP contribution in [0.1, 0.15) is 29.3 Å². The molecule has 0 unspecified atom stereocenters. The number of carbonyl (C=O) groups excluding carboxylic acids is 1. The van der Waals surface area contributed by atoms with E-state index in [1.165, 1.54) is 0 Å². The fourth-order valence-electron chi connectivity index (χ4n) is 1.37. The zero-order valence-corrected chi connectivity index (χ0v) is 10.6. The maximum Gasteiger partial charge on any atom is 0.163 e. The van der Waals surface area contributed by atoms with Crippen LogP contribution < -0.4 is 4.74 Å². The Balaban J connectivity index is 3.01. The first-order valence-corrected chi connectivity index (χ1v) is 6.10. The first-order chi connectivity index (χ1) is 7.21. The van der Waals surface area contributed by atoms with Crippen molar-refractivity contribution >= 4 is 21.7 Å². The molecule has 1 aromatic rings. The van der Waals surface area contributed by atoms with Crippen LogP contribution in [0.3, 0.4) is 0 Å². The second kappa shape index (κ2) is 5.91. The van der Waals surface area contributed by atoms with Crippen LogP contribution in [0.15, 0.2) is 18.2 Å². The van der Waals surface area contributed by atoms with E-state index in [9.17, 15) is 4.79 Å². The predicted molar refractivity (Wildman–Crippen MR) is 65.1 cm³/mol. The molecule has 0 N–H and O–H groups in total. The lowest BCUT2D eigenvalue weighted by Crippen LogP contribution is -2.01. The van der Waals surface area contributed by atoms with Gasteiger partial charge < -0.3 is 4.74 Å². The fourth-order valence-corrected chi connectivity index (χ4v) is 1.73. The molecule has 82 valence electrons. The Morgan fingerprint density at radius 3 is 2.67 bits per heavy atom. The first kappa shape index (κ1) is 12.2. The van der Waals surface area contributed by atoms with Gasteiger partial charge in [0.1, 0.15) is 5.75 Å². The summed E-state index contributed by atoms with van der Waals surface area (Å²) < 4.78 is 5.16. The molecular formula is C12H15BrO2.